The molecule has 204 valence electrons. The van der Waals surface area contributed by atoms with E-state index in [-0.39, 0.29) is 12.7 Å². The average molecular weight is 523 g/mol. The molecule has 3 atom stereocenters. The molecule has 3 fully saturated rings. The first-order chi connectivity index (χ1) is 18.5. The van der Waals surface area contributed by atoms with E-state index >= 15 is 0 Å². The van der Waals surface area contributed by atoms with Gasteiger partial charge in [-0.15, -0.1) is 0 Å². The molecule has 7 nitrogen and oxygen atoms in total. The zero-order chi connectivity index (χ0) is 26.6. The summed E-state index contributed by atoms with van der Waals surface area (Å²) >= 11 is 0. The normalized spacial score (nSPS) is 24.6. The SMILES string of the molecule is CCCOC(=O)OC(C)OC(C(=O)OC1CC2CCC(C1)[N+]21CCCC1)(c1ccccc1)c1ccccc1. The number of carbonyl (C=O) groups is 2. The molecule has 2 aromatic rings. The maximum atomic E-state index is 14.4. The lowest BCUT2D eigenvalue weighted by atomic mass is 9.85. The fourth-order valence-electron chi connectivity index (χ4n) is 7.10. The summed E-state index contributed by atoms with van der Waals surface area (Å²) in [6.07, 6.45) is 5.42. The molecular weight excluding hydrogens is 482 g/mol. The van der Waals surface area contributed by atoms with Crippen molar-refractivity contribution in [3.63, 3.8) is 0 Å². The minimum Gasteiger partial charge on any atom is -0.459 e. The van der Waals surface area contributed by atoms with Gasteiger partial charge in [0.1, 0.15) is 6.10 Å². The van der Waals surface area contributed by atoms with E-state index in [1.165, 1.54) is 43.3 Å². The van der Waals surface area contributed by atoms with Gasteiger partial charge < -0.3 is 23.4 Å². The van der Waals surface area contributed by atoms with Crippen molar-refractivity contribution < 1.29 is 33.0 Å². The Balaban J connectivity index is 1.44. The molecule has 38 heavy (non-hydrogen) atoms. The molecule has 3 heterocycles. The second kappa shape index (κ2) is 11.5. The monoisotopic (exact) mass is 522 g/mol. The third kappa shape index (κ3) is 5.06. The summed E-state index contributed by atoms with van der Waals surface area (Å²) in [6, 6.07) is 19.8. The largest absolute Gasteiger partial charge is 0.510 e. The Bertz CT molecular complexity index is 1030. The van der Waals surface area contributed by atoms with E-state index in [9.17, 15) is 9.59 Å². The Morgan fingerprint density at radius 1 is 0.921 bits per heavy atom. The van der Waals surface area contributed by atoms with Crippen LogP contribution in [-0.2, 0) is 29.3 Å². The van der Waals surface area contributed by atoms with Crippen LogP contribution in [0.1, 0.15) is 69.9 Å². The van der Waals surface area contributed by atoms with Crippen LogP contribution in [0.15, 0.2) is 60.7 Å². The van der Waals surface area contributed by atoms with Crippen LogP contribution < -0.4 is 0 Å². The highest BCUT2D eigenvalue weighted by molar-refractivity contribution is 5.86. The van der Waals surface area contributed by atoms with Gasteiger partial charge in [0.2, 0.25) is 11.9 Å². The van der Waals surface area contributed by atoms with E-state index in [0.29, 0.717) is 29.6 Å². The van der Waals surface area contributed by atoms with Crippen molar-refractivity contribution in [2.45, 2.75) is 88.9 Å². The first-order valence-electron chi connectivity index (χ1n) is 14.2. The van der Waals surface area contributed by atoms with Crippen LogP contribution in [0.4, 0.5) is 4.79 Å². The van der Waals surface area contributed by atoms with Crippen molar-refractivity contribution in [3.8, 4) is 0 Å². The Labute approximate surface area is 225 Å². The predicted octanol–water partition coefficient (Wildman–Crippen LogP) is 5.70. The topological polar surface area (TPSA) is 71.1 Å². The molecule has 0 aromatic heterocycles. The molecule has 0 saturated carbocycles. The Kier molecular flexibility index (Phi) is 8.05. The Hall–Kier alpha value is -2.90. The third-order valence-electron chi connectivity index (χ3n) is 8.71. The van der Waals surface area contributed by atoms with Crippen molar-refractivity contribution >= 4 is 12.1 Å². The molecule has 0 N–H and O–H groups in total. The number of hydrogen-bond acceptors (Lipinski definition) is 6. The van der Waals surface area contributed by atoms with E-state index in [4.69, 9.17) is 18.9 Å². The van der Waals surface area contributed by atoms with Gasteiger partial charge >= 0.3 is 12.1 Å². The lowest BCUT2D eigenvalue weighted by Crippen LogP contribution is -2.60. The van der Waals surface area contributed by atoms with Crippen molar-refractivity contribution in [1.29, 1.82) is 0 Å². The van der Waals surface area contributed by atoms with Gasteiger partial charge in [0, 0.05) is 38.5 Å². The highest BCUT2D eigenvalue weighted by Crippen LogP contribution is 2.47. The molecule has 3 aliphatic heterocycles. The quantitative estimate of drug-likeness (QED) is 0.239. The van der Waals surface area contributed by atoms with Crippen molar-refractivity contribution in [3.05, 3.63) is 71.8 Å². The number of carbonyl (C=O) groups excluding carboxylic acids is 2. The van der Waals surface area contributed by atoms with Gasteiger partial charge in [-0.05, 0) is 24.5 Å². The number of ether oxygens (including phenoxy) is 4. The van der Waals surface area contributed by atoms with Crippen molar-refractivity contribution in [2.75, 3.05) is 19.7 Å². The molecule has 2 bridgehead atoms. The minimum absolute atomic E-state index is 0.162. The second-order valence-corrected chi connectivity index (χ2v) is 11.0. The van der Waals surface area contributed by atoms with Crippen LogP contribution in [0.5, 0.6) is 0 Å². The number of hydrogen-bond donors (Lipinski definition) is 0. The molecule has 0 amide bonds. The summed E-state index contributed by atoms with van der Waals surface area (Å²) in [5, 5.41) is 0. The molecule has 0 aliphatic carbocycles. The molecule has 5 rings (SSSR count). The summed E-state index contributed by atoms with van der Waals surface area (Å²) in [5.74, 6) is -0.480. The zero-order valence-electron chi connectivity index (χ0n) is 22.6. The molecule has 2 aromatic carbocycles. The summed E-state index contributed by atoms with van der Waals surface area (Å²) < 4.78 is 24.5. The van der Waals surface area contributed by atoms with Crippen molar-refractivity contribution in [1.82, 2.24) is 0 Å². The van der Waals surface area contributed by atoms with Crippen LogP contribution in [0.25, 0.3) is 0 Å². The van der Waals surface area contributed by atoms with Gasteiger partial charge in [-0.25, -0.2) is 9.59 Å². The molecule has 3 aliphatic rings. The average Bonchev–Trinajstić information content (AvgIpc) is 3.48. The molecule has 3 unspecified atom stereocenters. The van der Waals surface area contributed by atoms with E-state index < -0.39 is 24.0 Å². The molecular formula is C31H40NO6+. The summed E-state index contributed by atoms with van der Waals surface area (Å²) in [6.45, 7) is 6.29. The smallest absolute Gasteiger partial charge is 0.459 e. The van der Waals surface area contributed by atoms with Crippen LogP contribution in [0.2, 0.25) is 0 Å². The van der Waals surface area contributed by atoms with E-state index in [0.717, 1.165) is 12.8 Å². The highest BCUT2D eigenvalue weighted by Gasteiger charge is 2.57. The number of rotatable bonds is 9. The van der Waals surface area contributed by atoms with Gasteiger partial charge in [0.25, 0.3) is 0 Å². The third-order valence-corrected chi connectivity index (χ3v) is 8.71. The standard InChI is InChI=1S/C31H40NO6/c1-3-20-35-30(34)36-23(2)38-31(24-12-6-4-7-13-24,25-14-8-5-9-15-25)29(33)37-28-21-26-16-17-27(22-28)32(26)18-10-11-19-32/h4-9,12-15,23,26-28H,3,10-11,16-22H2,1-2H3/q+1. The van der Waals surface area contributed by atoms with E-state index in [2.05, 4.69) is 0 Å². The lowest BCUT2D eigenvalue weighted by molar-refractivity contribution is -0.956. The van der Waals surface area contributed by atoms with Crippen LogP contribution in [-0.4, -0.2) is 60.8 Å². The summed E-state index contributed by atoms with van der Waals surface area (Å²) in [5.41, 5.74) is -0.366. The van der Waals surface area contributed by atoms with Gasteiger partial charge in [-0.2, -0.15) is 0 Å². The van der Waals surface area contributed by atoms with Gasteiger partial charge in [-0.3, -0.25) is 0 Å². The molecule has 1 spiro atoms. The minimum atomic E-state index is -1.61. The summed E-state index contributed by atoms with van der Waals surface area (Å²) in [4.78, 5) is 26.6. The fourth-order valence-corrected chi connectivity index (χ4v) is 7.10. The van der Waals surface area contributed by atoms with Crippen LogP contribution in [0, 0.1) is 0 Å². The zero-order valence-corrected chi connectivity index (χ0v) is 22.6. The summed E-state index contributed by atoms with van der Waals surface area (Å²) in [7, 11) is 0. The maximum absolute atomic E-state index is 14.4. The fraction of sp³-hybridized carbons (Fsp3) is 0.548. The maximum Gasteiger partial charge on any atom is 0.510 e. The van der Waals surface area contributed by atoms with Gasteiger partial charge in [0.05, 0.1) is 31.8 Å². The number of esters is 1. The van der Waals surface area contributed by atoms with E-state index in [1.807, 2.05) is 67.6 Å². The number of benzene rings is 2. The number of piperidine rings is 1. The highest BCUT2D eigenvalue weighted by atomic mass is 16.8. The first-order valence-corrected chi connectivity index (χ1v) is 14.2. The number of quaternary nitrogens is 1. The Morgan fingerprint density at radius 2 is 1.47 bits per heavy atom. The Morgan fingerprint density at radius 3 is 2.00 bits per heavy atom. The first kappa shape index (κ1) is 26.7. The number of nitrogens with zero attached hydrogens (tertiary/aromatic N) is 1. The van der Waals surface area contributed by atoms with Crippen molar-refractivity contribution in [2.24, 2.45) is 0 Å². The molecule has 0 radical (unpaired) electrons. The second-order valence-electron chi connectivity index (χ2n) is 11.0. The predicted molar refractivity (Wildman–Crippen MR) is 142 cm³/mol. The van der Waals surface area contributed by atoms with E-state index in [1.54, 1.807) is 6.92 Å². The van der Waals surface area contributed by atoms with Gasteiger partial charge in [-0.1, -0.05) is 67.6 Å². The van der Waals surface area contributed by atoms with Crippen LogP contribution >= 0.6 is 0 Å². The lowest BCUT2D eigenvalue weighted by Gasteiger charge is -2.47. The van der Waals surface area contributed by atoms with Gasteiger partial charge in [0.15, 0.2) is 0 Å². The van der Waals surface area contributed by atoms with Crippen LogP contribution in [0.3, 0.4) is 0 Å². The molecule has 3 saturated heterocycles. The molecule has 7 heteroatoms.